The van der Waals surface area contributed by atoms with Gasteiger partial charge in [-0.2, -0.15) is 0 Å². The van der Waals surface area contributed by atoms with Crippen molar-refractivity contribution < 1.29 is 14.3 Å². The predicted molar refractivity (Wildman–Crippen MR) is 83.8 cm³/mol. The zero-order chi connectivity index (χ0) is 15.9. The van der Waals surface area contributed by atoms with Crippen LogP contribution in [0.4, 0.5) is 0 Å². The van der Waals surface area contributed by atoms with Crippen LogP contribution >= 0.6 is 0 Å². The van der Waals surface area contributed by atoms with Gasteiger partial charge in [-0.25, -0.2) is 0 Å². The highest BCUT2D eigenvalue weighted by atomic mass is 16.5. The van der Waals surface area contributed by atoms with Gasteiger partial charge in [0.25, 0.3) is 0 Å². The first-order valence-corrected chi connectivity index (χ1v) is 7.79. The van der Waals surface area contributed by atoms with Gasteiger partial charge in [0.2, 0.25) is 11.8 Å². The molecule has 0 aromatic heterocycles. The number of rotatable bonds is 7. The molecular weight excluding hydrogens is 280 g/mol. The second kappa shape index (κ2) is 7.94. The van der Waals surface area contributed by atoms with Crippen LogP contribution in [0.2, 0.25) is 0 Å². The molecule has 1 fully saturated rings. The third-order valence-corrected chi connectivity index (χ3v) is 4.10. The number of benzene rings is 1. The molecule has 22 heavy (non-hydrogen) atoms. The van der Waals surface area contributed by atoms with Crippen LogP contribution in [0.1, 0.15) is 31.7 Å². The van der Waals surface area contributed by atoms with E-state index < -0.39 is 0 Å². The third kappa shape index (κ3) is 4.84. The van der Waals surface area contributed by atoms with Gasteiger partial charge in [0, 0.05) is 25.4 Å². The maximum Gasteiger partial charge on any atom is 0.222 e. The van der Waals surface area contributed by atoms with Crippen molar-refractivity contribution in [2.24, 2.45) is 11.7 Å². The molecular formula is C17H24N2O3. The molecule has 2 N–H and O–H groups in total. The summed E-state index contributed by atoms with van der Waals surface area (Å²) in [7, 11) is 0. The molecule has 1 aromatic rings. The summed E-state index contributed by atoms with van der Waals surface area (Å²) in [5.74, 6) is -0.520. The quantitative estimate of drug-likeness (QED) is 0.833. The molecule has 1 aliphatic heterocycles. The van der Waals surface area contributed by atoms with E-state index in [1.54, 1.807) is 6.92 Å². The fourth-order valence-electron chi connectivity index (χ4n) is 2.52. The number of carbonyl (C=O) groups excluding carboxylic acids is 2. The molecule has 1 aliphatic rings. The Morgan fingerprint density at radius 3 is 2.77 bits per heavy atom. The molecule has 5 heteroatoms. The first-order chi connectivity index (χ1) is 10.6. The summed E-state index contributed by atoms with van der Waals surface area (Å²) in [4.78, 5) is 24.9. The Morgan fingerprint density at radius 2 is 2.09 bits per heavy atom. The van der Waals surface area contributed by atoms with Crippen molar-refractivity contribution in [3.63, 3.8) is 0 Å². The monoisotopic (exact) mass is 304 g/mol. The zero-order valence-corrected chi connectivity index (χ0v) is 13.0. The van der Waals surface area contributed by atoms with Crippen molar-refractivity contribution >= 4 is 11.8 Å². The number of hydrogen-bond acceptors (Lipinski definition) is 3. The summed E-state index contributed by atoms with van der Waals surface area (Å²) >= 11 is 0. The SMILES string of the molecule is C[C@@H](CCC(=O)N1CC[C@H](OCc2ccccc2)C1)C(N)=O. The highest BCUT2D eigenvalue weighted by Crippen LogP contribution is 2.17. The summed E-state index contributed by atoms with van der Waals surface area (Å²) < 4.78 is 5.87. The number of likely N-dealkylation sites (tertiary alicyclic amines) is 1. The summed E-state index contributed by atoms with van der Waals surface area (Å²) in [5, 5.41) is 0. The van der Waals surface area contributed by atoms with Gasteiger partial charge in [-0.15, -0.1) is 0 Å². The highest BCUT2D eigenvalue weighted by Gasteiger charge is 2.27. The number of ether oxygens (including phenoxy) is 1. The van der Waals surface area contributed by atoms with Crippen LogP contribution in [0.3, 0.4) is 0 Å². The van der Waals surface area contributed by atoms with Crippen molar-refractivity contribution in [2.75, 3.05) is 13.1 Å². The largest absolute Gasteiger partial charge is 0.372 e. The van der Waals surface area contributed by atoms with Gasteiger partial charge in [0.1, 0.15) is 0 Å². The standard InChI is InChI=1S/C17H24N2O3/c1-13(17(18)21)7-8-16(20)19-10-9-15(11-19)22-12-14-5-3-2-4-6-14/h2-6,13,15H,7-12H2,1H3,(H2,18,21)/t13-,15-/m0/s1. The molecule has 0 radical (unpaired) electrons. The maximum atomic E-state index is 12.1. The Morgan fingerprint density at radius 1 is 1.36 bits per heavy atom. The predicted octanol–water partition coefficient (Wildman–Crippen LogP) is 1.71. The topological polar surface area (TPSA) is 72.6 Å². The zero-order valence-electron chi connectivity index (χ0n) is 13.0. The van der Waals surface area contributed by atoms with Gasteiger partial charge >= 0.3 is 0 Å². The smallest absolute Gasteiger partial charge is 0.222 e. The number of nitrogens with two attached hydrogens (primary N) is 1. The van der Waals surface area contributed by atoms with Crippen LogP contribution in [-0.2, 0) is 20.9 Å². The van der Waals surface area contributed by atoms with E-state index in [4.69, 9.17) is 10.5 Å². The maximum absolute atomic E-state index is 12.1. The molecule has 0 bridgehead atoms. The van der Waals surface area contributed by atoms with E-state index in [0.29, 0.717) is 26.0 Å². The Balaban J connectivity index is 1.70. The Kier molecular flexibility index (Phi) is 5.95. The second-order valence-corrected chi connectivity index (χ2v) is 5.89. The van der Waals surface area contributed by atoms with E-state index in [0.717, 1.165) is 18.5 Å². The number of amides is 2. The Hall–Kier alpha value is -1.88. The minimum Gasteiger partial charge on any atom is -0.372 e. The number of carbonyl (C=O) groups is 2. The van der Waals surface area contributed by atoms with E-state index in [1.165, 1.54) is 0 Å². The average molecular weight is 304 g/mol. The van der Waals surface area contributed by atoms with Crippen molar-refractivity contribution in [2.45, 2.75) is 38.9 Å². The molecule has 1 heterocycles. The second-order valence-electron chi connectivity index (χ2n) is 5.89. The van der Waals surface area contributed by atoms with E-state index in [9.17, 15) is 9.59 Å². The van der Waals surface area contributed by atoms with Gasteiger partial charge in [0.05, 0.1) is 12.7 Å². The van der Waals surface area contributed by atoms with Gasteiger partial charge in [-0.1, -0.05) is 37.3 Å². The lowest BCUT2D eigenvalue weighted by Crippen LogP contribution is -2.31. The van der Waals surface area contributed by atoms with Gasteiger partial charge < -0.3 is 15.4 Å². The number of primary amides is 1. The highest BCUT2D eigenvalue weighted by molar-refractivity contribution is 5.79. The molecule has 0 unspecified atom stereocenters. The van der Waals surface area contributed by atoms with Crippen LogP contribution in [-0.4, -0.2) is 35.9 Å². The summed E-state index contributed by atoms with van der Waals surface area (Å²) in [5.41, 5.74) is 6.35. The lowest BCUT2D eigenvalue weighted by Gasteiger charge is -2.17. The van der Waals surface area contributed by atoms with Crippen LogP contribution in [0.25, 0.3) is 0 Å². The summed E-state index contributed by atoms with van der Waals surface area (Å²) in [6, 6.07) is 10.0. The minimum atomic E-state index is -0.349. The molecule has 0 saturated carbocycles. The van der Waals surface area contributed by atoms with Gasteiger partial charge in [-0.3, -0.25) is 9.59 Å². The Labute approximate surface area is 131 Å². The lowest BCUT2D eigenvalue weighted by molar-refractivity contribution is -0.131. The first-order valence-electron chi connectivity index (χ1n) is 7.79. The normalized spacial score (nSPS) is 19.1. The molecule has 2 amide bonds. The van der Waals surface area contributed by atoms with E-state index in [-0.39, 0.29) is 23.8 Å². The first kappa shape index (κ1) is 16.5. The Bertz CT molecular complexity index is 504. The van der Waals surface area contributed by atoms with E-state index >= 15 is 0 Å². The van der Waals surface area contributed by atoms with Crippen molar-refractivity contribution in [3.05, 3.63) is 35.9 Å². The average Bonchev–Trinajstić information content (AvgIpc) is 3.00. The van der Waals surface area contributed by atoms with E-state index in [1.807, 2.05) is 35.2 Å². The minimum absolute atomic E-state index is 0.0823. The van der Waals surface area contributed by atoms with Crippen molar-refractivity contribution in [1.82, 2.24) is 4.90 Å². The molecule has 2 atom stereocenters. The molecule has 0 spiro atoms. The van der Waals surface area contributed by atoms with Gasteiger partial charge in [0.15, 0.2) is 0 Å². The van der Waals surface area contributed by atoms with Crippen molar-refractivity contribution in [1.29, 1.82) is 0 Å². The summed E-state index contributed by atoms with van der Waals surface area (Å²) in [6.07, 6.45) is 1.84. The summed E-state index contributed by atoms with van der Waals surface area (Å²) in [6.45, 7) is 3.69. The number of hydrogen-bond donors (Lipinski definition) is 1. The van der Waals surface area contributed by atoms with Gasteiger partial charge in [-0.05, 0) is 18.4 Å². The van der Waals surface area contributed by atoms with Crippen LogP contribution in [0.5, 0.6) is 0 Å². The van der Waals surface area contributed by atoms with Crippen molar-refractivity contribution in [3.8, 4) is 0 Å². The lowest BCUT2D eigenvalue weighted by atomic mass is 10.0. The fraction of sp³-hybridized carbons (Fsp3) is 0.529. The van der Waals surface area contributed by atoms with Crippen LogP contribution in [0.15, 0.2) is 30.3 Å². The molecule has 2 rings (SSSR count). The molecule has 0 aliphatic carbocycles. The van der Waals surface area contributed by atoms with Crippen LogP contribution < -0.4 is 5.73 Å². The van der Waals surface area contributed by atoms with Crippen LogP contribution in [0, 0.1) is 5.92 Å². The molecule has 1 aromatic carbocycles. The van der Waals surface area contributed by atoms with E-state index in [2.05, 4.69) is 0 Å². The fourth-order valence-corrected chi connectivity index (χ4v) is 2.52. The molecule has 5 nitrogen and oxygen atoms in total. The number of nitrogens with zero attached hydrogens (tertiary/aromatic N) is 1. The third-order valence-electron chi connectivity index (χ3n) is 4.10. The molecule has 1 saturated heterocycles. The molecule has 120 valence electrons.